The average Bonchev–Trinajstić information content (AvgIpc) is 2.74. The predicted octanol–water partition coefficient (Wildman–Crippen LogP) is 2.22. The number of hydrogen-bond donors (Lipinski definition) is 1. The Labute approximate surface area is 95.5 Å². The van der Waals surface area contributed by atoms with Crippen molar-refractivity contribution >= 4 is 12.0 Å². The number of carbonyl (C=O) groups excluding carboxylic acids is 1. The van der Waals surface area contributed by atoms with E-state index >= 15 is 0 Å². The van der Waals surface area contributed by atoms with Crippen LogP contribution < -0.4 is 5.32 Å². The van der Waals surface area contributed by atoms with Crippen molar-refractivity contribution in [3.63, 3.8) is 0 Å². The van der Waals surface area contributed by atoms with Crippen LogP contribution in [0.2, 0.25) is 0 Å². The van der Waals surface area contributed by atoms with Gasteiger partial charge in [0.2, 0.25) is 0 Å². The fraction of sp³-hybridized carbons (Fsp3) is 0.308. The van der Waals surface area contributed by atoms with E-state index in [-0.39, 0.29) is 5.91 Å². The molecule has 0 bridgehead atoms. The van der Waals surface area contributed by atoms with E-state index in [1.165, 1.54) is 0 Å². The highest BCUT2D eigenvalue weighted by Crippen LogP contribution is 2.24. The first kappa shape index (κ1) is 10.7. The monoisotopic (exact) mass is 216 g/mol. The van der Waals surface area contributed by atoms with Crippen LogP contribution >= 0.6 is 0 Å². The highest BCUT2D eigenvalue weighted by molar-refractivity contribution is 6.01. The summed E-state index contributed by atoms with van der Waals surface area (Å²) < 4.78 is 2.02. The number of carbonyl (C=O) groups is 1. The van der Waals surface area contributed by atoms with Gasteiger partial charge >= 0.3 is 0 Å². The molecule has 0 radical (unpaired) electrons. The van der Waals surface area contributed by atoms with Gasteiger partial charge in [-0.05, 0) is 37.1 Å². The van der Waals surface area contributed by atoms with E-state index in [2.05, 4.69) is 5.32 Å². The van der Waals surface area contributed by atoms with Crippen molar-refractivity contribution in [2.45, 2.75) is 20.3 Å². The van der Waals surface area contributed by atoms with Crippen molar-refractivity contribution in [3.8, 4) is 0 Å². The molecule has 1 aromatic rings. The molecule has 1 N–H and O–H groups in total. The Morgan fingerprint density at radius 3 is 2.75 bits per heavy atom. The second-order valence-electron chi connectivity index (χ2n) is 4.01. The molecule has 0 fully saturated rings. The smallest absolute Gasteiger partial charge is 0.251 e. The van der Waals surface area contributed by atoms with E-state index < -0.39 is 0 Å². The van der Waals surface area contributed by atoms with Crippen LogP contribution in [0.5, 0.6) is 0 Å². The third-order valence-corrected chi connectivity index (χ3v) is 3.01. The van der Waals surface area contributed by atoms with E-state index in [0.717, 1.165) is 29.0 Å². The molecule has 0 saturated carbocycles. The highest BCUT2D eigenvalue weighted by Gasteiger charge is 2.22. The zero-order valence-corrected chi connectivity index (χ0v) is 9.87. The second-order valence-corrected chi connectivity index (χ2v) is 4.01. The van der Waals surface area contributed by atoms with Crippen molar-refractivity contribution in [1.29, 1.82) is 0 Å². The van der Waals surface area contributed by atoms with Crippen molar-refractivity contribution < 1.29 is 4.79 Å². The lowest BCUT2D eigenvalue weighted by Gasteiger charge is -2.01. The van der Waals surface area contributed by atoms with Gasteiger partial charge in [0, 0.05) is 30.2 Å². The van der Waals surface area contributed by atoms with Gasteiger partial charge in [-0.15, -0.1) is 0 Å². The summed E-state index contributed by atoms with van der Waals surface area (Å²) in [7, 11) is 1.99. The number of aryl methyl sites for hydroxylation is 1. The summed E-state index contributed by atoms with van der Waals surface area (Å²) in [5.74, 6) is 0.0421. The maximum Gasteiger partial charge on any atom is 0.251 e. The van der Waals surface area contributed by atoms with Crippen LogP contribution in [0, 0.1) is 0 Å². The van der Waals surface area contributed by atoms with Crippen molar-refractivity contribution in [2.24, 2.45) is 7.05 Å². The first-order chi connectivity index (χ1) is 7.63. The lowest BCUT2D eigenvalue weighted by Crippen LogP contribution is -2.16. The minimum atomic E-state index is 0.0421. The molecule has 3 heteroatoms. The molecule has 0 aromatic carbocycles. The molecule has 1 aromatic heterocycles. The first-order valence-electron chi connectivity index (χ1n) is 5.48. The molecule has 2 rings (SSSR count). The Morgan fingerprint density at radius 2 is 2.25 bits per heavy atom. The molecule has 0 unspecified atom stereocenters. The molecule has 0 saturated heterocycles. The van der Waals surface area contributed by atoms with Gasteiger partial charge in [-0.1, -0.05) is 6.92 Å². The minimum Gasteiger partial charge on any atom is -0.351 e. The third kappa shape index (κ3) is 1.69. The van der Waals surface area contributed by atoms with Crippen molar-refractivity contribution in [3.05, 3.63) is 40.9 Å². The Morgan fingerprint density at radius 1 is 1.50 bits per heavy atom. The topological polar surface area (TPSA) is 34.0 Å². The van der Waals surface area contributed by atoms with Gasteiger partial charge in [-0.3, -0.25) is 4.79 Å². The number of rotatable bonds is 2. The summed E-state index contributed by atoms with van der Waals surface area (Å²) >= 11 is 0. The Balaban J connectivity index is 2.38. The van der Waals surface area contributed by atoms with Crippen LogP contribution in [0.15, 0.2) is 35.2 Å². The zero-order valence-electron chi connectivity index (χ0n) is 9.87. The predicted molar refractivity (Wildman–Crippen MR) is 64.5 cm³/mol. The summed E-state index contributed by atoms with van der Waals surface area (Å²) in [6, 6.07) is 4.01. The maximum atomic E-state index is 11.6. The van der Waals surface area contributed by atoms with Crippen molar-refractivity contribution in [2.75, 3.05) is 0 Å². The van der Waals surface area contributed by atoms with E-state index in [0.29, 0.717) is 0 Å². The fourth-order valence-corrected chi connectivity index (χ4v) is 1.97. The normalized spacial score (nSPS) is 18.4. The number of amides is 1. The van der Waals surface area contributed by atoms with Crippen LogP contribution in [0.1, 0.15) is 26.0 Å². The van der Waals surface area contributed by atoms with Crippen LogP contribution in [0.4, 0.5) is 0 Å². The third-order valence-electron chi connectivity index (χ3n) is 3.01. The molecule has 0 aliphatic carbocycles. The van der Waals surface area contributed by atoms with Crippen molar-refractivity contribution in [1.82, 2.24) is 9.88 Å². The lowest BCUT2D eigenvalue weighted by atomic mass is 10.1. The molecule has 1 aliphatic heterocycles. The van der Waals surface area contributed by atoms with Crippen LogP contribution in [0.25, 0.3) is 6.08 Å². The Kier molecular flexibility index (Phi) is 2.69. The van der Waals surface area contributed by atoms with Gasteiger partial charge in [0.25, 0.3) is 5.91 Å². The largest absolute Gasteiger partial charge is 0.351 e. The Bertz CT molecular complexity index is 492. The Hall–Kier alpha value is -1.77. The van der Waals surface area contributed by atoms with Gasteiger partial charge in [-0.2, -0.15) is 0 Å². The highest BCUT2D eigenvalue weighted by atomic mass is 16.1. The lowest BCUT2D eigenvalue weighted by molar-refractivity contribution is -0.116. The summed E-state index contributed by atoms with van der Waals surface area (Å²) in [4.78, 5) is 11.6. The average molecular weight is 216 g/mol. The van der Waals surface area contributed by atoms with E-state index in [4.69, 9.17) is 0 Å². The van der Waals surface area contributed by atoms with Gasteiger partial charge in [-0.25, -0.2) is 0 Å². The summed E-state index contributed by atoms with van der Waals surface area (Å²) in [5.41, 5.74) is 3.96. The molecule has 1 aliphatic rings. The SMILES string of the molecule is CCC1=C(C)/C(=C/c2cccn2C)NC1=O. The van der Waals surface area contributed by atoms with Crippen LogP contribution in [-0.2, 0) is 11.8 Å². The molecule has 2 heterocycles. The van der Waals surface area contributed by atoms with Gasteiger partial charge in [0.15, 0.2) is 0 Å². The number of aromatic nitrogens is 1. The zero-order chi connectivity index (χ0) is 11.7. The maximum absolute atomic E-state index is 11.6. The molecule has 0 spiro atoms. The van der Waals surface area contributed by atoms with Gasteiger partial charge in [0.1, 0.15) is 0 Å². The molecular formula is C13H16N2O. The second kappa shape index (κ2) is 4.00. The van der Waals surface area contributed by atoms with Crippen LogP contribution in [-0.4, -0.2) is 10.5 Å². The number of hydrogen-bond acceptors (Lipinski definition) is 1. The quantitative estimate of drug-likeness (QED) is 0.808. The van der Waals surface area contributed by atoms with E-state index in [1.807, 2.05) is 49.9 Å². The number of nitrogens with zero attached hydrogens (tertiary/aromatic N) is 1. The number of allylic oxidation sites excluding steroid dienone is 1. The fourth-order valence-electron chi connectivity index (χ4n) is 1.97. The van der Waals surface area contributed by atoms with Gasteiger partial charge < -0.3 is 9.88 Å². The van der Waals surface area contributed by atoms with Crippen LogP contribution in [0.3, 0.4) is 0 Å². The summed E-state index contributed by atoms with van der Waals surface area (Å²) in [6.45, 7) is 4.00. The summed E-state index contributed by atoms with van der Waals surface area (Å²) in [6.07, 6.45) is 4.78. The minimum absolute atomic E-state index is 0.0421. The van der Waals surface area contributed by atoms with E-state index in [1.54, 1.807) is 0 Å². The van der Waals surface area contributed by atoms with Gasteiger partial charge in [0.05, 0.1) is 0 Å². The first-order valence-corrected chi connectivity index (χ1v) is 5.48. The molecule has 1 amide bonds. The molecule has 0 atom stereocenters. The molecular weight excluding hydrogens is 200 g/mol. The summed E-state index contributed by atoms with van der Waals surface area (Å²) in [5, 5.41) is 2.90. The molecule has 16 heavy (non-hydrogen) atoms. The standard InChI is InChI=1S/C13H16N2O/c1-4-11-9(2)12(14-13(11)16)8-10-6-5-7-15(10)3/h5-8H,4H2,1-3H3,(H,14,16)/b12-8-. The molecule has 84 valence electrons. The number of nitrogens with one attached hydrogen (secondary N) is 1. The van der Waals surface area contributed by atoms with E-state index in [9.17, 15) is 4.79 Å². The molecule has 3 nitrogen and oxygen atoms in total.